The summed E-state index contributed by atoms with van der Waals surface area (Å²) in [6.07, 6.45) is 5.33. The molecule has 0 saturated heterocycles. The number of amides is 2. The van der Waals surface area contributed by atoms with Gasteiger partial charge in [0.1, 0.15) is 0 Å². The molecule has 126 valence electrons. The van der Waals surface area contributed by atoms with Crippen LogP contribution in [0.2, 0.25) is 0 Å². The molecule has 1 fully saturated rings. The lowest BCUT2D eigenvalue weighted by atomic mass is 9.81. The van der Waals surface area contributed by atoms with E-state index < -0.39 is 0 Å². The molecule has 0 aliphatic heterocycles. The van der Waals surface area contributed by atoms with Gasteiger partial charge in [-0.1, -0.05) is 25.5 Å². The Labute approximate surface area is 139 Å². The molecule has 1 aromatic rings. The van der Waals surface area contributed by atoms with Crippen molar-refractivity contribution in [3.63, 3.8) is 0 Å². The molecule has 1 aromatic carbocycles. The number of benzene rings is 1. The zero-order chi connectivity index (χ0) is 16.7. The van der Waals surface area contributed by atoms with Gasteiger partial charge in [-0.15, -0.1) is 0 Å². The molecule has 1 aliphatic carbocycles. The second-order valence-corrected chi connectivity index (χ2v) is 6.55. The van der Waals surface area contributed by atoms with Gasteiger partial charge in [-0.2, -0.15) is 0 Å². The Balaban J connectivity index is 1.77. The second-order valence-electron chi connectivity index (χ2n) is 6.55. The van der Waals surface area contributed by atoms with Crippen LogP contribution in [0.4, 0.5) is 5.69 Å². The Kier molecular flexibility index (Phi) is 6.63. The summed E-state index contributed by atoms with van der Waals surface area (Å²) in [5, 5.41) is 6.00. The van der Waals surface area contributed by atoms with E-state index in [4.69, 9.17) is 0 Å². The molecule has 4 nitrogen and oxygen atoms in total. The molecule has 2 amide bonds. The van der Waals surface area contributed by atoms with E-state index in [0.29, 0.717) is 0 Å². The van der Waals surface area contributed by atoms with Gasteiger partial charge >= 0.3 is 0 Å². The molecule has 1 aliphatic rings. The molecular formula is C19H28N2O2. The number of unbranched alkanes of at least 4 members (excludes halogenated alkanes) is 1. The summed E-state index contributed by atoms with van der Waals surface area (Å²) in [7, 11) is 0. The SMILES string of the molecule is CCCCNC(=O)C1CCC(C(=O)Nc2cccc(C)c2)CC1. The Morgan fingerprint density at radius 1 is 1.09 bits per heavy atom. The van der Waals surface area contributed by atoms with Crippen LogP contribution in [0, 0.1) is 18.8 Å². The van der Waals surface area contributed by atoms with Crippen molar-refractivity contribution in [2.75, 3.05) is 11.9 Å². The van der Waals surface area contributed by atoms with Crippen LogP contribution in [0.5, 0.6) is 0 Å². The number of hydrogen-bond acceptors (Lipinski definition) is 2. The van der Waals surface area contributed by atoms with Gasteiger partial charge in [0, 0.05) is 24.1 Å². The zero-order valence-electron chi connectivity index (χ0n) is 14.2. The van der Waals surface area contributed by atoms with Gasteiger partial charge in [0.25, 0.3) is 0 Å². The van der Waals surface area contributed by atoms with Crippen LogP contribution in [-0.2, 0) is 9.59 Å². The van der Waals surface area contributed by atoms with Crippen molar-refractivity contribution in [1.82, 2.24) is 5.32 Å². The van der Waals surface area contributed by atoms with E-state index in [0.717, 1.165) is 56.3 Å². The predicted molar refractivity (Wildman–Crippen MR) is 93.2 cm³/mol. The first kappa shape index (κ1) is 17.5. The molecule has 0 aromatic heterocycles. The van der Waals surface area contributed by atoms with Gasteiger partial charge in [-0.05, 0) is 56.7 Å². The summed E-state index contributed by atoms with van der Waals surface area (Å²) in [6.45, 7) is 4.89. The van der Waals surface area contributed by atoms with Crippen LogP contribution in [-0.4, -0.2) is 18.4 Å². The van der Waals surface area contributed by atoms with Gasteiger partial charge < -0.3 is 10.6 Å². The summed E-state index contributed by atoms with van der Waals surface area (Å²) in [4.78, 5) is 24.4. The highest BCUT2D eigenvalue weighted by Gasteiger charge is 2.29. The van der Waals surface area contributed by atoms with Crippen LogP contribution in [0.15, 0.2) is 24.3 Å². The fraction of sp³-hybridized carbons (Fsp3) is 0.579. The third-order valence-corrected chi connectivity index (χ3v) is 4.58. The van der Waals surface area contributed by atoms with Gasteiger partial charge in [-0.3, -0.25) is 9.59 Å². The summed E-state index contributed by atoms with van der Waals surface area (Å²) < 4.78 is 0. The lowest BCUT2D eigenvalue weighted by Crippen LogP contribution is -2.35. The molecule has 0 bridgehead atoms. The van der Waals surface area contributed by atoms with E-state index in [-0.39, 0.29) is 23.7 Å². The highest BCUT2D eigenvalue weighted by molar-refractivity contribution is 5.92. The average molecular weight is 316 g/mol. The van der Waals surface area contributed by atoms with Crippen LogP contribution in [0.25, 0.3) is 0 Å². The fourth-order valence-electron chi connectivity index (χ4n) is 3.12. The first-order valence-corrected chi connectivity index (χ1v) is 8.75. The largest absolute Gasteiger partial charge is 0.356 e. The molecule has 1 saturated carbocycles. The van der Waals surface area contributed by atoms with E-state index in [1.54, 1.807) is 0 Å². The Hall–Kier alpha value is -1.84. The lowest BCUT2D eigenvalue weighted by molar-refractivity contribution is -0.128. The molecular weight excluding hydrogens is 288 g/mol. The number of anilines is 1. The summed E-state index contributed by atoms with van der Waals surface area (Å²) in [5.74, 6) is 0.349. The molecule has 0 spiro atoms. The topological polar surface area (TPSA) is 58.2 Å². The third-order valence-electron chi connectivity index (χ3n) is 4.58. The Morgan fingerprint density at radius 3 is 2.35 bits per heavy atom. The van der Waals surface area contributed by atoms with Crippen LogP contribution in [0.3, 0.4) is 0 Å². The highest BCUT2D eigenvalue weighted by atomic mass is 16.2. The number of carbonyl (C=O) groups excluding carboxylic acids is 2. The molecule has 2 N–H and O–H groups in total. The van der Waals surface area contributed by atoms with Gasteiger partial charge in [0.05, 0.1) is 0 Å². The van der Waals surface area contributed by atoms with E-state index in [2.05, 4.69) is 17.6 Å². The van der Waals surface area contributed by atoms with Crippen LogP contribution < -0.4 is 10.6 Å². The predicted octanol–water partition coefficient (Wildman–Crippen LogP) is 3.66. The monoisotopic (exact) mass is 316 g/mol. The lowest BCUT2D eigenvalue weighted by Gasteiger charge is -2.27. The Morgan fingerprint density at radius 2 is 1.74 bits per heavy atom. The van der Waals surface area contributed by atoms with Crippen molar-refractivity contribution in [2.24, 2.45) is 11.8 Å². The fourth-order valence-corrected chi connectivity index (χ4v) is 3.12. The van der Waals surface area contributed by atoms with Gasteiger partial charge in [0.15, 0.2) is 0 Å². The van der Waals surface area contributed by atoms with Gasteiger partial charge in [-0.25, -0.2) is 0 Å². The first-order chi connectivity index (χ1) is 11.1. The van der Waals surface area contributed by atoms with Crippen molar-refractivity contribution in [3.8, 4) is 0 Å². The smallest absolute Gasteiger partial charge is 0.227 e. The van der Waals surface area contributed by atoms with Crippen molar-refractivity contribution in [3.05, 3.63) is 29.8 Å². The number of carbonyl (C=O) groups is 2. The minimum absolute atomic E-state index is 0.0233. The normalized spacial score (nSPS) is 20.8. The van der Waals surface area contributed by atoms with E-state index in [9.17, 15) is 9.59 Å². The maximum Gasteiger partial charge on any atom is 0.227 e. The van der Waals surface area contributed by atoms with Crippen molar-refractivity contribution in [1.29, 1.82) is 0 Å². The number of hydrogen-bond donors (Lipinski definition) is 2. The number of aryl methyl sites for hydroxylation is 1. The second kappa shape index (κ2) is 8.70. The van der Waals surface area contributed by atoms with Crippen LogP contribution in [0.1, 0.15) is 51.0 Å². The average Bonchev–Trinajstić information content (AvgIpc) is 2.55. The first-order valence-electron chi connectivity index (χ1n) is 8.75. The van der Waals surface area contributed by atoms with Crippen molar-refractivity contribution < 1.29 is 9.59 Å². The van der Waals surface area contributed by atoms with Gasteiger partial charge in [0.2, 0.25) is 11.8 Å². The molecule has 0 radical (unpaired) electrons. The molecule has 0 unspecified atom stereocenters. The highest BCUT2D eigenvalue weighted by Crippen LogP contribution is 2.30. The quantitative estimate of drug-likeness (QED) is 0.787. The van der Waals surface area contributed by atoms with Crippen molar-refractivity contribution >= 4 is 17.5 Å². The molecule has 0 heterocycles. The van der Waals surface area contributed by atoms with E-state index in [1.807, 2.05) is 31.2 Å². The van der Waals surface area contributed by atoms with Crippen LogP contribution >= 0.6 is 0 Å². The van der Waals surface area contributed by atoms with Crippen molar-refractivity contribution in [2.45, 2.75) is 52.4 Å². The minimum Gasteiger partial charge on any atom is -0.356 e. The number of rotatable bonds is 6. The van der Waals surface area contributed by atoms with E-state index in [1.165, 1.54) is 0 Å². The standard InChI is InChI=1S/C19H28N2O2/c1-3-4-12-20-18(22)15-8-10-16(11-9-15)19(23)21-17-7-5-6-14(2)13-17/h5-7,13,15-16H,3-4,8-12H2,1-2H3,(H,20,22)(H,21,23). The van der Waals surface area contributed by atoms with E-state index >= 15 is 0 Å². The summed E-state index contributed by atoms with van der Waals surface area (Å²) in [5.41, 5.74) is 1.99. The zero-order valence-corrected chi connectivity index (χ0v) is 14.2. The molecule has 4 heteroatoms. The third kappa shape index (κ3) is 5.38. The molecule has 0 atom stereocenters. The summed E-state index contributed by atoms with van der Waals surface area (Å²) >= 11 is 0. The molecule has 23 heavy (non-hydrogen) atoms. The molecule has 2 rings (SSSR count). The maximum atomic E-state index is 12.4. The maximum absolute atomic E-state index is 12.4. The Bertz CT molecular complexity index is 534. The number of nitrogens with one attached hydrogen (secondary N) is 2. The minimum atomic E-state index is 0.0233. The summed E-state index contributed by atoms with van der Waals surface area (Å²) in [6, 6.07) is 7.85.